The highest BCUT2D eigenvalue weighted by Crippen LogP contribution is 2.49. The smallest absolute Gasteiger partial charge is 0.337 e. The molecule has 116 valence electrons. The van der Waals surface area contributed by atoms with Gasteiger partial charge in [0.25, 0.3) is 0 Å². The van der Waals surface area contributed by atoms with E-state index in [0.29, 0.717) is 5.56 Å². The molecule has 3 N–H and O–H groups in total. The molecule has 0 atom stereocenters. The highest BCUT2D eigenvalue weighted by molar-refractivity contribution is 7.16. The number of hydrogen-bond donors (Lipinski definition) is 2. The molecule has 1 heterocycles. The fourth-order valence-electron chi connectivity index (χ4n) is 3.27. The number of carboxylic acids is 1. The fourth-order valence-corrected chi connectivity index (χ4v) is 4.80. The Hall–Kier alpha value is -1.69. The number of carbonyl (C=O) groups is 1. The van der Waals surface area contributed by atoms with Crippen molar-refractivity contribution in [2.75, 3.05) is 0 Å². The zero-order valence-corrected chi connectivity index (χ0v) is 13.5. The molecule has 1 aromatic heterocycles. The highest BCUT2D eigenvalue weighted by atomic mass is 32.1. The second-order valence-electron chi connectivity index (χ2n) is 6.26. The van der Waals surface area contributed by atoms with Crippen LogP contribution >= 0.6 is 11.3 Å². The Labute approximate surface area is 133 Å². The lowest BCUT2D eigenvalue weighted by atomic mass is 9.84. The van der Waals surface area contributed by atoms with Crippen molar-refractivity contribution < 1.29 is 14.7 Å². The van der Waals surface area contributed by atoms with E-state index in [2.05, 4.69) is 13.8 Å². The van der Waals surface area contributed by atoms with Gasteiger partial charge >= 0.3 is 5.97 Å². The van der Waals surface area contributed by atoms with Crippen LogP contribution in [0.25, 0.3) is 10.4 Å². The van der Waals surface area contributed by atoms with E-state index in [4.69, 9.17) is 10.7 Å². The van der Waals surface area contributed by atoms with Gasteiger partial charge in [-0.05, 0) is 34.9 Å². The Bertz CT molecular complexity index is 734. The highest BCUT2D eigenvalue weighted by Gasteiger charge is 2.38. The lowest BCUT2D eigenvalue weighted by Crippen LogP contribution is -2.16. The summed E-state index contributed by atoms with van der Waals surface area (Å²) in [6, 6.07) is 7.68. The predicted molar refractivity (Wildman–Crippen MR) is 87.0 cm³/mol. The lowest BCUT2D eigenvalue weighted by Gasteiger charge is -2.19. The maximum Gasteiger partial charge on any atom is 0.337 e. The Morgan fingerprint density at radius 2 is 2.14 bits per heavy atom. The number of carboxylic acid groups (broad SMARTS) is 1. The van der Waals surface area contributed by atoms with Crippen molar-refractivity contribution in [3.05, 3.63) is 45.8 Å². The Morgan fingerprint density at radius 1 is 1.41 bits per heavy atom. The van der Waals surface area contributed by atoms with Crippen LogP contribution in [0.15, 0.2) is 24.3 Å². The van der Waals surface area contributed by atoms with Crippen molar-refractivity contribution in [2.45, 2.75) is 38.7 Å². The molecule has 0 unspecified atom stereocenters. The molecule has 3 rings (SSSR count). The van der Waals surface area contributed by atoms with Crippen molar-refractivity contribution >= 4 is 17.3 Å². The molecule has 0 saturated carbocycles. The number of aryl methyl sites for hydroxylation is 1. The summed E-state index contributed by atoms with van der Waals surface area (Å²) in [5.41, 5.74) is 3.18. The largest absolute Gasteiger partial charge is 0.478 e. The van der Waals surface area contributed by atoms with E-state index in [0.717, 1.165) is 34.4 Å². The van der Waals surface area contributed by atoms with Crippen LogP contribution in [0.1, 0.15) is 46.6 Å². The molecule has 0 amide bonds. The number of nitrogens with two attached hydrogens (primary N) is 1. The van der Waals surface area contributed by atoms with Gasteiger partial charge in [0.2, 0.25) is 0 Å². The summed E-state index contributed by atoms with van der Waals surface area (Å²) >= 11 is 1.60. The third-order valence-corrected chi connectivity index (χ3v) is 5.63. The maximum absolute atomic E-state index is 11.9. The molecular weight excluding hydrogens is 298 g/mol. The summed E-state index contributed by atoms with van der Waals surface area (Å²) in [5.74, 6) is 4.35. The van der Waals surface area contributed by atoms with Gasteiger partial charge < -0.3 is 5.11 Å². The van der Waals surface area contributed by atoms with E-state index < -0.39 is 5.97 Å². The Kier molecular flexibility index (Phi) is 3.80. The minimum absolute atomic E-state index is 0.0862. The molecule has 1 aliphatic rings. The van der Waals surface area contributed by atoms with Crippen molar-refractivity contribution in [1.82, 2.24) is 0 Å². The Balaban J connectivity index is 2.24. The lowest BCUT2D eigenvalue weighted by molar-refractivity contribution is 0.0695. The third kappa shape index (κ3) is 2.35. The van der Waals surface area contributed by atoms with Crippen LogP contribution in [0.5, 0.6) is 0 Å². The summed E-state index contributed by atoms with van der Waals surface area (Å²) in [5, 5.41) is 9.78. The summed E-state index contributed by atoms with van der Waals surface area (Å²) in [6.07, 6.45) is 1.95. The van der Waals surface area contributed by atoms with Crippen molar-refractivity contribution in [1.29, 1.82) is 0 Å². The van der Waals surface area contributed by atoms with Gasteiger partial charge in [-0.25, -0.2) is 10.7 Å². The first-order chi connectivity index (χ1) is 10.5. The van der Waals surface area contributed by atoms with Crippen LogP contribution in [0.2, 0.25) is 0 Å². The van der Waals surface area contributed by atoms with Gasteiger partial charge in [0.1, 0.15) is 0 Å². The normalized spacial score (nSPS) is 15.8. The molecule has 1 aliphatic carbocycles. The second-order valence-corrected chi connectivity index (χ2v) is 7.37. The standard InChI is InChI=1S/C17H19NO3S/c1-17(2)8-7-12-14(17)13(16(19)20)15(22-12)11-6-4-3-5-10(11)9-21-18/h3-6H,7-9,18H2,1-2H3,(H,19,20). The average Bonchev–Trinajstić information content (AvgIpc) is 2.98. The van der Waals surface area contributed by atoms with Crippen LogP contribution in [-0.2, 0) is 23.3 Å². The van der Waals surface area contributed by atoms with Gasteiger partial charge in [0.15, 0.2) is 0 Å². The van der Waals surface area contributed by atoms with Crippen molar-refractivity contribution in [3.8, 4) is 10.4 Å². The number of benzene rings is 1. The number of rotatable bonds is 4. The third-order valence-electron chi connectivity index (χ3n) is 4.35. The molecule has 0 fully saturated rings. The average molecular weight is 317 g/mol. The minimum Gasteiger partial charge on any atom is -0.478 e. The first-order valence-corrected chi connectivity index (χ1v) is 8.06. The van der Waals surface area contributed by atoms with Crippen molar-refractivity contribution in [3.63, 3.8) is 0 Å². The van der Waals surface area contributed by atoms with E-state index in [1.54, 1.807) is 11.3 Å². The summed E-state index contributed by atoms with van der Waals surface area (Å²) < 4.78 is 0. The van der Waals surface area contributed by atoms with Gasteiger partial charge in [-0.1, -0.05) is 38.1 Å². The van der Waals surface area contributed by atoms with E-state index in [1.807, 2.05) is 24.3 Å². The van der Waals surface area contributed by atoms with E-state index in [-0.39, 0.29) is 12.0 Å². The predicted octanol–water partition coefficient (Wildman–Crippen LogP) is 3.73. The molecule has 22 heavy (non-hydrogen) atoms. The SMILES string of the molecule is CC1(C)CCc2sc(-c3ccccc3CON)c(C(=O)O)c21. The van der Waals surface area contributed by atoms with Gasteiger partial charge in [0.05, 0.1) is 12.2 Å². The van der Waals surface area contributed by atoms with E-state index in [1.165, 1.54) is 4.88 Å². The number of aromatic carboxylic acids is 1. The maximum atomic E-state index is 11.9. The Morgan fingerprint density at radius 3 is 2.82 bits per heavy atom. The van der Waals surface area contributed by atoms with Crippen molar-refractivity contribution in [2.24, 2.45) is 5.90 Å². The van der Waals surface area contributed by atoms with Crippen LogP contribution in [0, 0.1) is 0 Å². The topological polar surface area (TPSA) is 72.5 Å². The first kappa shape index (κ1) is 15.2. The number of thiophene rings is 1. The molecule has 0 aliphatic heterocycles. The van der Waals surface area contributed by atoms with E-state index in [9.17, 15) is 9.90 Å². The number of hydrogen-bond acceptors (Lipinski definition) is 4. The van der Waals surface area contributed by atoms with Gasteiger partial charge in [0, 0.05) is 9.75 Å². The number of fused-ring (bicyclic) bond motifs is 1. The molecule has 1 aromatic carbocycles. The zero-order valence-electron chi connectivity index (χ0n) is 12.7. The molecule has 0 radical (unpaired) electrons. The zero-order chi connectivity index (χ0) is 15.9. The summed E-state index contributed by atoms with van der Waals surface area (Å²) in [7, 11) is 0. The second kappa shape index (κ2) is 5.50. The van der Waals surface area contributed by atoms with Crippen LogP contribution in [0.4, 0.5) is 0 Å². The monoisotopic (exact) mass is 317 g/mol. The van der Waals surface area contributed by atoms with E-state index >= 15 is 0 Å². The molecule has 5 heteroatoms. The summed E-state index contributed by atoms with van der Waals surface area (Å²) in [4.78, 5) is 18.7. The first-order valence-electron chi connectivity index (χ1n) is 7.25. The van der Waals surface area contributed by atoms with Crippen LogP contribution in [-0.4, -0.2) is 11.1 Å². The molecular formula is C17H19NO3S. The van der Waals surface area contributed by atoms with Gasteiger partial charge in [-0.3, -0.25) is 4.84 Å². The van der Waals surface area contributed by atoms with Crippen LogP contribution < -0.4 is 5.90 Å². The molecule has 0 bridgehead atoms. The molecule has 2 aromatic rings. The quantitative estimate of drug-likeness (QED) is 0.843. The summed E-state index contributed by atoms with van der Waals surface area (Å²) in [6.45, 7) is 4.51. The molecule has 0 spiro atoms. The molecule has 4 nitrogen and oxygen atoms in total. The van der Waals surface area contributed by atoms with Gasteiger partial charge in [-0.2, -0.15) is 0 Å². The van der Waals surface area contributed by atoms with Crippen LogP contribution in [0.3, 0.4) is 0 Å². The molecule has 0 saturated heterocycles. The minimum atomic E-state index is -0.856. The fraction of sp³-hybridized carbons (Fsp3) is 0.353. The van der Waals surface area contributed by atoms with Gasteiger partial charge in [-0.15, -0.1) is 11.3 Å².